The molecule has 96 valence electrons. The first-order valence-corrected chi connectivity index (χ1v) is 5.66. The third kappa shape index (κ3) is 2.91. The van der Waals surface area contributed by atoms with Gasteiger partial charge in [-0.25, -0.2) is 0 Å². The molecule has 1 aromatic rings. The Morgan fingerprint density at radius 2 is 2.33 bits per heavy atom. The molecule has 0 saturated heterocycles. The molecule has 1 aliphatic heterocycles. The number of nitrogens with two attached hydrogens (primary N) is 1. The Morgan fingerprint density at radius 3 is 3.06 bits per heavy atom. The van der Waals surface area contributed by atoms with Gasteiger partial charge in [0.25, 0.3) is 0 Å². The highest BCUT2D eigenvalue weighted by atomic mass is 16.5. The van der Waals surface area contributed by atoms with Gasteiger partial charge in [0.15, 0.2) is 0 Å². The summed E-state index contributed by atoms with van der Waals surface area (Å²) in [5, 5.41) is 13.8. The molecular weight excluding hydrogens is 234 g/mol. The summed E-state index contributed by atoms with van der Waals surface area (Å²) in [6, 6.07) is 7.79. The van der Waals surface area contributed by atoms with Gasteiger partial charge in [-0.05, 0) is 11.6 Å². The van der Waals surface area contributed by atoms with E-state index in [2.05, 4.69) is 10.5 Å². The van der Waals surface area contributed by atoms with E-state index in [1.54, 1.807) is 0 Å². The molecule has 0 fully saturated rings. The SMILES string of the molecule is NC(CC(=O)NCC1Cc2ccccc2O1)=NO. The van der Waals surface area contributed by atoms with Crippen LogP contribution in [0.15, 0.2) is 29.4 Å². The number of para-hydroxylation sites is 1. The van der Waals surface area contributed by atoms with Crippen LogP contribution < -0.4 is 15.8 Å². The van der Waals surface area contributed by atoms with Gasteiger partial charge in [-0.1, -0.05) is 23.4 Å². The van der Waals surface area contributed by atoms with E-state index >= 15 is 0 Å². The number of carbonyl (C=O) groups excluding carboxylic acids is 1. The molecule has 0 aromatic heterocycles. The Balaban J connectivity index is 1.79. The molecule has 1 atom stereocenters. The normalized spacial score (nSPS) is 18.0. The average molecular weight is 249 g/mol. The van der Waals surface area contributed by atoms with Crippen LogP contribution in [0.3, 0.4) is 0 Å². The third-order valence-corrected chi connectivity index (χ3v) is 2.71. The van der Waals surface area contributed by atoms with E-state index in [1.807, 2.05) is 24.3 Å². The van der Waals surface area contributed by atoms with Crippen LogP contribution in [0.4, 0.5) is 0 Å². The highest BCUT2D eigenvalue weighted by Crippen LogP contribution is 2.27. The van der Waals surface area contributed by atoms with Crippen LogP contribution in [-0.4, -0.2) is 29.6 Å². The molecule has 2 rings (SSSR count). The molecule has 0 radical (unpaired) electrons. The van der Waals surface area contributed by atoms with E-state index in [1.165, 1.54) is 0 Å². The van der Waals surface area contributed by atoms with E-state index in [0.29, 0.717) is 6.54 Å². The summed E-state index contributed by atoms with van der Waals surface area (Å²) in [4.78, 5) is 11.4. The topological polar surface area (TPSA) is 96.9 Å². The number of nitrogens with zero attached hydrogens (tertiary/aromatic N) is 1. The molecule has 0 aliphatic carbocycles. The van der Waals surface area contributed by atoms with Crippen molar-refractivity contribution in [2.45, 2.75) is 18.9 Å². The van der Waals surface area contributed by atoms with Gasteiger partial charge < -0.3 is 21.0 Å². The lowest BCUT2D eigenvalue weighted by Crippen LogP contribution is -2.36. The van der Waals surface area contributed by atoms with Crippen LogP contribution in [0.5, 0.6) is 5.75 Å². The number of hydrogen-bond acceptors (Lipinski definition) is 4. The Hall–Kier alpha value is -2.24. The van der Waals surface area contributed by atoms with Crippen LogP contribution in [0, 0.1) is 0 Å². The number of nitrogens with one attached hydrogen (secondary N) is 1. The molecule has 1 heterocycles. The second-order valence-corrected chi connectivity index (χ2v) is 4.12. The quantitative estimate of drug-likeness (QED) is 0.308. The van der Waals surface area contributed by atoms with Crippen LogP contribution in [-0.2, 0) is 11.2 Å². The number of amides is 1. The van der Waals surface area contributed by atoms with Gasteiger partial charge in [0.05, 0.1) is 13.0 Å². The van der Waals surface area contributed by atoms with Gasteiger partial charge in [-0.3, -0.25) is 4.79 Å². The molecule has 1 aromatic carbocycles. The number of carbonyl (C=O) groups is 1. The smallest absolute Gasteiger partial charge is 0.227 e. The number of amidine groups is 1. The molecule has 4 N–H and O–H groups in total. The van der Waals surface area contributed by atoms with E-state index < -0.39 is 0 Å². The highest BCUT2D eigenvalue weighted by molar-refractivity contribution is 5.98. The van der Waals surface area contributed by atoms with Gasteiger partial charge in [-0.15, -0.1) is 0 Å². The van der Waals surface area contributed by atoms with Gasteiger partial charge in [0, 0.05) is 6.42 Å². The zero-order chi connectivity index (χ0) is 13.0. The fourth-order valence-corrected chi connectivity index (χ4v) is 1.86. The molecule has 1 aliphatic rings. The van der Waals surface area contributed by atoms with Gasteiger partial charge in [-0.2, -0.15) is 0 Å². The summed E-state index contributed by atoms with van der Waals surface area (Å²) in [5.74, 6) is 0.473. The first-order valence-electron chi connectivity index (χ1n) is 5.66. The monoisotopic (exact) mass is 249 g/mol. The van der Waals surface area contributed by atoms with Crippen molar-refractivity contribution in [1.82, 2.24) is 5.32 Å². The first kappa shape index (κ1) is 12.2. The fourth-order valence-electron chi connectivity index (χ4n) is 1.86. The molecule has 1 unspecified atom stereocenters. The van der Waals surface area contributed by atoms with Crippen LogP contribution in [0.25, 0.3) is 0 Å². The van der Waals surface area contributed by atoms with Crippen molar-refractivity contribution in [2.24, 2.45) is 10.9 Å². The van der Waals surface area contributed by atoms with Gasteiger partial charge in [0.2, 0.25) is 5.91 Å². The van der Waals surface area contributed by atoms with E-state index in [9.17, 15) is 4.79 Å². The number of rotatable bonds is 4. The zero-order valence-corrected chi connectivity index (χ0v) is 9.80. The van der Waals surface area contributed by atoms with Crippen LogP contribution in [0.2, 0.25) is 0 Å². The summed E-state index contributed by atoms with van der Waals surface area (Å²) in [6.45, 7) is 0.409. The van der Waals surface area contributed by atoms with Crippen molar-refractivity contribution in [2.75, 3.05) is 6.54 Å². The summed E-state index contributed by atoms with van der Waals surface area (Å²) >= 11 is 0. The molecule has 1 amide bonds. The van der Waals surface area contributed by atoms with E-state index in [-0.39, 0.29) is 24.3 Å². The van der Waals surface area contributed by atoms with Gasteiger partial charge in [0.1, 0.15) is 17.7 Å². The van der Waals surface area contributed by atoms with Crippen molar-refractivity contribution in [3.8, 4) is 5.75 Å². The number of fused-ring (bicyclic) bond motifs is 1. The molecule has 6 nitrogen and oxygen atoms in total. The molecular formula is C12H15N3O3. The van der Waals surface area contributed by atoms with Crippen LogP contribution in [0.1, 0.15) is 12.0 Å². The van der Waals surface area contributed by atoms with E-state index in [4.69, 9.17) is 15.7 Å². The summed E-state index contributed by atoms with van der Waals surface area (Å²) in [7, 11) is 0. The standard InChI is InChI=1S/C12H15N3O3/c13-11(15-17)6-12(16)14-7-9-5-8-3-1-2-4-10(8)18-9/h1-4,9,17H,5-7H2,(H2,13,15)(H,14,16). The molecule has 0 saturated carbocycles. The Morgan fingerprint density at radius 1 is 1.56 bits per heavy atom. The maximum Gasteiger partial charge on any atom is 0.227 e. The Labute approximate surface area is 104 Å². The number of benzene rings is 1. The largest absolute Gasteiger partial charge is 0.488 e. The minimum atomic E-state index is -0.287. The summed E-state index contributed by atoms with van der Waals surface area (Å²) < 4.78 is 5.66. The van der Waals surface area contributed by atoms with E-state index in [0.717, 1.165) is 17.7 Å². The number of oxime groups is 1. The van der Waals surface area contributed by atoms with Crippen molar-refractivity contribution in [3.05, 3.63) is 29.8 Å². The zero-order valence-electron chi connectivity index (χ0n) is 9.80. The maximum absolute atomic E-state index is 11.4. The molecule has 0 spiro atoms. The minimum Gasteiger partial charge on any atom is -0.488 e. The number of ether oxygens (including phenoxy) is 1. The summed E-state index contributed by atoms with van der Waals surface area (Å²) in [6.07, 6.45) is 0.606. The van der Waals surface area contributed by atoms with Crippen molar-refractivity contribution in [1.29, 1.82) is 0 Å². The lowest BCUT2D eigenvalue weighted by Gasteiger charge is -2.11. The predicted molar refractivity (Wildman–Crippen MR) is 65.6 cm³/mol. The first-order chi connectivity index (χ1) is 8.69. The summed E-state index contributed by atoms with van der Waals surface area (Å²) in [5.41, 5.74) is 6.38. The van der Waals surface area contributed by atoms with Gasteiger partial charge >= 0.3 is 0 Å². The Kier molecular flexibility index (Phi) is 3.66. The lowest BCUT2D eigenvalue weighted by molar-refractivity contribution is -0.120. The molecule has 0 bridgehead atoms. The second-order valence-electron chi connectivity index (χ2n) is 4.12. The third-order valence-electron chi connectivity index (χ3n) is 2.71. The Bertz CT molecular complexity index is 448. The van der Waals surface area contributed by atoms with Crippen LogP contribution >= 0.6 is 0 Å². The molecule has 18 heavy (non-hydrogen) atoms. The minimum absolute atomic E-state index is 0.0568. The fraction of sp³-hybridized carbons (Fsp3) is 0.333. The van der Waals surface area contributed by atoms with Crippen molar-refractivity contribution < 1.29 is 14.7 Å². The number of hydrogen-bond donors (Lipinski definition) is 3. The maximum atomic E-state index is 11.4. The molecule has 6 heteroatoms. The van der Waals surface area contributed by atoms with Crippen molar-refractivity contribution in [3.63, 3.8) is 0 Å². The highest BCUT2D eigenvalue weighted by Gasteiger charge is 2.22. The second kappa shape index (κ2) is 5.39. The lowest BCUT2D eigenvalue weighted by atomic mass is 10.1. The average Bonchev–Trinajstić information content (AvgIpc) is 2.79. The predicted octanol–water partition coefficient (Wildman–Crippen LogP) is 0.243. The van der Waals surface area contributed by atoms with Crippen molar-refractivity contribution >= 4 is 11.7 Å².